The summed E-state index contributed by atoms with van der Waals surface area (Å²) in [6.45, 7) is 10.8. The summed E-state index contributed by atoms with van der Waals surface area (Å²) < 4.78 is 57.0. The van der Waals surface area contributed by atoms with E-state index in [0.29, 0.717) is 6.42 Å². The van der Waals surface area contributed by atoms with Gasteiger partial charge < -0.3 is 62.7 Å². The van der Waals surface area contributed by atoms with Gasteiger partial charge in [-0.2, -0.15) is 0 Å². The summed E-state index contributed by atoms with van der Waals surface area (Å²) in [4.78, 5) is 61.3. The Kier molecular flexibility index (Phi) is 15.3. The third-order valence-corrected chi connectivity index (χ3v) is 8.29. The number of esters is 5. The van der Waals surface area contributed by atoms with Crippen molar-refractivity contribution in [2.75, 3.05) is 0 Å². The van der Waals surface area contributed by atoms with E-state index in [1.54, 1.807) is 0 Å². The fourth-order valence-electron chi connectivity index (χ4n) is 6.05. The zero-order chi connectivity index (χ0) is 37.4. The predicted octanol–water partition coefficient (Wildman–Crippen LogP) is -0.0758. The van der Waals surface area contributed by atoms with E-state index in [0.717, 1.165) is 40.5 Å². The molecule has 18 nitrogen and oxygen atoms in total. The van der Waals surface area contributed by atoms with Crippen LogP contribution in [0.15, 0.2) is 0 Å². The molecule has 0 amide bonds. The first kappa shape index (κ1) is 41.5. The highest BCUT2D eigenvalue weighted by atomic mass is 16.8. The van der Waals surface area contributed by atoms with Gasteiger partial charge in [0.25, 0.3) is 0 Å². The van der Waals surface area contributed by atoms with Crippen molar-refractivity contribution in [3.8, 4) is 0 Å². The van der Waals surface area contributed by atoms with E-state index in [9.17, 15) is 39.3 Å². The summed E-state index contributed by atoms with van der Waals surface area (Å²) in [6.07, 6.45) is -19.5. The Bertz CT molecular complexity index is 1180. The number of aliphatic hydroxyl groups excluding tert-OH is 3. The van der Waals surface area contributed by atoms with Gasteiger partial charge in [-0.25, -0.2) is 0 Å². The number of ether oxygens (including phenoxy) is 10. The zero-order valence-corrected chi connectivity index (χ0v) is 29.5. The number of rotatable bonds is 13. The van der Waals surface area contributed by atoms with Gasteiger partial charge in [-0.3, -0.25) is 24.0 Å². The van der Waals surface area contributed by atoms with Crippen LogP contribution in [-0.4, -0.2) is 137 Å². The second-order valence-corrected chi connectivity index (χ2v) is 12.5. The first-order valence-corrected chi connectivity index (χ1v) is 16.6. The molecule has 50 heavy (non-hydrogen) atoms. The topological polar surface area (TPSA) is 238 Å². The maximum Gasteiger partial charge on any atom is 0.306 e. The van der Waals surface area contributed by atoms with Crippen LogP contribution in [0.1, 0.15) is 81.1 Å². The zero-order valence-electron chi connectivity index (χ0n) is 29.5. The summed E-state index contributed by atoms with van der Waals surface area (Å²) in [6, 6.07) is 0. The molecular formula is C32H50O18. The van der Waals surface area contributed by atoms with Gasteiger partial charge in [0.15, 0.2) is 49.4 Å². The molecule has 0 bridgehead atoms. The molecule has 15 atom stereocenters. The lowest BCUT2D eigenvalue weighted by molar-refractivity contribution is -0.374. The molecular weight excluding hydrogens is 672 g/mol. The van der Waals surface area contributed by atoms with Crippen molar-refractivity contribution in [3.05, 3.63) is 0 Å². The molecule has 0 unspecified atom stereocenters. The van der Waals surface area contributed by atoms with Gasteiger partial charge in [0, 0.05) is 34.1 Å². The molecule has 18 heteroatoms. The minimum absolute atomic E-state index is 0.0723. The van der Waals surface area contributed by atoms with Crippen LogP contribution in [0.25, 0.3) is 0 Å². The first-order valence-electron chi connectivity index (χ1n) is 16.6. The number of aliphatic hydroxyl groups is 3. The van der Waals surface area contributed by atoms with Crippen molar-refractivity contribution in [1.82, 2.24) is 0 Å². The molecule has 3 N–H and O–H groups in total. The van der Waals surface area contributed by atoms with Crippen LogP contribution < -0.4 is 0 Å². The lowest BCUT2D eigenvalue weighted by Gasteiger charge is -2.49. The predicted molar refractivity (Wildman–Crippen MR) is 163 cm³/mol. The summed E-state index contributed by atoms with van der Waals surface area (Å²) in [5.74, 6) is -3.86. The molecule has 3 fully saturated rings. The first-order chi connectivity index (χ1) is 23.4. The van der Waals surface area contributed by atoms with Crippen LogP contribution in [0.3, 0.4) is 0 Å². The van der Waals surface area contributed by atoms with Crippen molar-refractivity contribution >= 4 is 29.8 Å². The third-order valence-electron chi connectivity index (χ3n) is 8.29. The van der Waals surface area contributed by atoms with Gasteiger partial charge in [0.05, 0.1) is 18.3 Å². The van der Waals surface area contributed by atoms with E-state index in [-0.39, 0.29) is 6.42 Å². The molecule has 3 aliphatic heterocycles. The lowest BCUT2D eigenvalue weighted by Crippen LogP contribution is -2.67. The number of unbranched alkanes of at least 4 members (excludes halogenated alkanes) is 2. The van der Waals surface area contributed by atoms with E-state index >= 15 is 0 Å². The fourth-order valence-corrected chi connectivity index (χ4v) is 6.05. The van der Waals surface area contributed by atoms with Gasteiger partial charge >= 0.3 is 29.8 Å². The highest BCUT2D eigenvalue weighted by Gasteiger charge is 2.57. The van der Waals surface area contributed by atoms with Crippen LogP contribution in [0.5, 0.6) is 0 Å². The van der Waals surface area contributed by atoms with Gasteiger partial charge in [-0.15, -0.1) is 0 Å². The van der Waals surface area contributed by atoms with E-state index in [4.69, 9.17) is 47.4 Å². The second-order valence-electron chi connectivity index (χ2n) is 12.5. The molecule has 0 saturated carbocycles. The number of carbonyl (C=O) groups excluding carboxylic acids is 5. The molecule has 0 aliphatic carbocycles. The number of hydrogen-bond donors (Lipinski definition) is 3. The molecule has 0 radical (unpaired) electrons. The summed E-state index contributed by atoms with van der Waals surface area (Å²) in [5.41, 5.74) is 0. The molecule has 0 spiro atoms. The molecule has 3 saturated heterocycles. The van der Waals surface area contributed by atoms with E-state index < -0.39 is 122 Å². The molecule has 286 valence electrons. The Morgan fingerprint density at radius 1 is 0.520 bits per heavy atom. The summed E-state index contributed by atoms with van der Waals surface area (Å²) in [5, 5.41) is 32.6. The molecule has 0 aromatic heterocycles. The minimum Gasteiger partial charge on any atom is -0.457 e. The van der Waals surface area contributed by atoms with Crippen molar-refractivity contribution in [1.29, 1.82) is 0 Å². The van der Waals surface area contributed by atoms with Gasteiger partial charge in [0.1, 0.15) is 24.4 Å². The van der Waals surface area contributed by atoms with Gasteiger partial charge in [-0.05, 0) is 27.2 Å². The van der Waals surface area contributed by atoms with Crippen molar-refractivity contribution in [2.45, 2.75) is 173 Å². The molecule has 3 heterocycles. The van der Waals surface area contributed by atoms with E-state index in [2.05, 4.69) is 0 Å². The van der Waals surface area contributed by atoms with Crippen LogP contribution >= 0.6 is 0 Å². The maximum atomic E-state index is 12.7. The molecule has 0 aromatic rings. The minimum atomic E-state index is -1.79. The number of hydrogen-bond acceptors (Lipinski definition) is 18. The molecule has 3 rings (SSSR count). The van der Waals surface area contributed by atoms with Crippen LogP contribution in [-0.2, 0) is 71.3 Å². The lowest BCUT2D eigenvalue weighted by atomic mass is 9.96. The average molecular weight is 723 g/mol. The monoisotopic (exact) mass is 722 g/mol. The van der Waals surface area contributed by atoms with E-state index in [1.165, 1.54) is 20.8 Å². The van der Waals surface area contributed by atoms with Gasteiger partial charge in [-0.1, -0.05) is 19.8 Å². The second kappa shape index (κ2) is 18.5. The quantitative estimate of drug-likeness (QED) is 0.128. The largest absolute Gasteiger partial charge is 0.457 e. The smallest absolute Gasteiger partial charge is 0.306 e. The molecule has 3 aliphatic rings. The Hall–Kier alpha value is -2.97. The Morgan fingerprint density at radius 3 is 1.52 bits per heavy atom. The van der Waals surface area contributed by atoms with Crippen LogP contribution in [0, 0.1) is 0 Å². The summed E-state index contributed by atoms with van der Waals surface area (Å²) >= 11 is 0. The van der Waals surface area contributed by atoms with Crippen molar-refractivity contribution < 1.29 is 86.7 Å². The van der Waals surface area contributed by atoms with Crippen LogP contribution in [0.4, 0.5) is 0 Å². The Balaban J connectivity index is 2.01. The molecule has 0 aromatic carbocycles. The Morgan fingerprint density at radius 2 is 0.960 bits per heavy atom. The Labute approximate surface area is 289 Å². The fraction of sp³-hybridized carbons (Fsp3) is 0.844. The normalized spacial score (nSPS) is 38.7. The van der Waals surface area contributed by atoms with Crippen molar-refractivity contribution in [3.63, 3.8) is 0 Å². The highest BCUT2D eigenvalue weighted by Crippen LogP contribution is 2.36. The highest BCUT2D eigenvalue weighted by molar-refractivity contribution is 5.69. The standard InChI is InChI=1S/C32H50O18/c1-9-10-11-12-20(37)48-24-14(3)41-30(40)22(39)26(24)49-32-29(47-19(8)36)28(25(15(4)43-32)45-17(6)34)50-31-27(46-18(7)35)21(38)23(13(2)42-31)44-16(5)33/h13-15,21-32,38-40H,9-12H2,1-8H3/t13-,14-,15-,21+,22+,23-,24-,25-,26-,27+,28+,29+,30+,31-,32-/m0/s1. The maximum absolute atomic E-state index is 12.7. The van der Waals surface area contributed by atoms with Crippen molar-refractivity contribution in [2.24, 2.45) is 0 Å². The SMILES string of the molecule is CCCCCC(=O)O[C@@H]1[C@@H](O[C@@H]2O[C@@H](C)[C@H](OC(C)=O)[C@@H](O[C@@H]3O[C@@H](C)[C@H](OC(C)=O)[C@@H](O)[C@H]3OC(C)=O)[C@H]2OC(C)=O)[C@@H](O)[C@H](O)O[C@H]1C. The summed E-state index contributed by atoms with van der Waals surface area (Å²) in [7, 11) is 0. The van der Waals surface area contributed by atoms with E-state index in [1.807, 2.05) is 6.92 Å². The van der Waals surface area contributed by atoms with Crippen LogP contribution in [0.2, 0.25) is 0 Å². The van der Waals surface area contributed by atoms with Gasteiger partial charge in [0.2, 0.25) is 0 Å². The third kappa shape index (κ3) is 10.8. The number of carbonyl (C=O) groups is 5. The average Bonchev–Trinajstić information content (AvgIpc) is 3.00.